The van der Waals surface area contributed by atoms with Crippen LogP contribution >= 0.6 is 0 Å². The standard InChI is InChI=1S/C53H58/c1-15-37-41-23-21-32(5)25-43(41)45(29-44(37)38(16-2)49-33(6)39-19-17-18-20-42(39)48(49)31(3)4)46-27-36(52(10,11)12)28-47-50(46)40-24-22-35(51(7,8)9)26-34(40)30-53(47,13)14/h15-29,33H,1-2,30H2,3-14H3/b49-38+. The number of allylic oxidation sites excluding steroid dienone is 5. The Morgan fingerprint density at radius 1 is 0.736 bits per heavy atom. The molecule has 0 fully saturated rings. The van der Waals surface area contributed by atoms with Crippen molar-refractivity contribution in [3.05, 3.63) is 159 Å². The van der Waals surface area contributed by atoms with E-state index in [2.05, 4.69) is 187 Å². The lowest BCUT2D eigenvalue weighted by Gasteiger charge is -2.38. The molecule has 1 unspecified atom stereocenters. The topological polar surface area (TPSA) is 0 Å². The fourth-order valence-corrected chi connectivity index (χ4v) is 9.25. The van der Waals surface area contributed by atoms with Crippen molar-refractivity contribution in [2.75, 3.05) is 0 Å². The molecule has 2 aliphatic rings. The highest BCUT2D eigenvalue weighted by atomic mass is 14.4. The van der Waals surface area contributed by atoms with Crippen molar-refractivity contribution in [1.82, 2.24) is 0 Å². The van der Waals surface area contributed by atoms with E-state index in [0.29, 0.717) is 0 Å². The van der Waals surface area contributed by atoms with Gasteiger partial charge >= 0.3 is 0 Å². The molecule has 2 aliphatic carbocycles. The molecular weight excluding hydrogens is 637 g/mol. The minimum atomic E-state index is -0.0396. The maximum absolute atomic E-state index is 4.52. The Morgan fingerprint density at radius 2 is 1.43 bits per heavy atom. The van der Waals surface area contributed by atoms with E-state index in [9.17, 15) is 0 Å². The molecule has 1 atom stereocenters. The van der Waals surface area contributed by atoms with E-state index in [-0.39, 0.29) is 22.2 Å². The highest BCUT2D eigenvalue weighted by Gasteiger charge is 2.36. The molecule has 0 bridgehead atoms. The first-order valence-corrected chi connectivity index (χ1v) is 19.5. The first kappa shape index (κ1) is 36.7. The third-order valence-corrected chi connectivity index (χ3v) is 12.1. The average Bonchev–Trinajstić information content (AvgIpc) is 3.38. The van der Waals surface area contributed by atoms with E-state index < -0.39 is 0 Å². The Kier molecular flexibility index (Phi) is 8.80. The van der Waals surface area contributed by atoms with Crippen molar-refractivity contribution in [3.8, 4) is 22.3 Å². The molecule has 0 nitrogen and oxygen atoms in total. The first-order valence-electron chi connectivity index (χ1n) is 19.5. The van der Waals surface area contributed by atoms with Crippen LogP contribution in [0.1, 0.15) is 132 Å². The molecule has 0 aliphatic heterocycles. The van der Waals surface area contributed by atoms with Crippen LogP contribution in [-0.2, 0) is 22.7 Å². The summed E-state index contributed by atoms with van der Waals surface area (Å²) in [4.78, 5) is 0. The molecule has 0 N–H and O–H groups in total. The molecule has 0 amide bonds. The maximum atomic E-state index is 4.52. The van der Waals surface area contributed by atoms with Gasteiger partial charge in [-0.25, -0.2) is 0 Å². The third kappa shape index (κ3) is 6.00. The molecule has 0 heteroatoms. The molecule has 0 saturated carbocycles. The van der Waals surface area contributed by atoms with Crippen LogP contribution in [0.15, 0.2) is 109 Å². The van der Waals surface area contributed by atoms with E-state index >= 15 is 0 Å². The zero-order chi connectivity index (χ0) is 38.4. The van der Waals surface area contributed by atoms with Crippen molar-refractivity contribution in [2.24, 2.45) is 0 Å². The van der Waals surface area contributed by atoms with Crippen LogP contribution in [0, 0.1) is 6.92 Å². The van der Waals surface area contributed by atoms with Gasteiger partial charge < -0.3 is 0 Å². The van der Waals surface area contributed by atoms with Gasteiger partial charge in [0.2, 0.25) is 0 Å². The van der Waals surface area contributed by atoms with Crippen LogP contribution < -0.4 is 0 Å². The Bertz CT molecular complexity index is 2410. The quantitative estimate of drug-likeness (QED) is 0.176. The minimum Gasteiger partial charge on any atom is -0.0984 e. The molecule has 5 aromatic carbocycles. The van der Waals surface area contributed by atoms with Crippen molar-refractivity contribution in [1.29, 1.82) is 0 Å². The molecule has 5 aromatic rings. The summed E-state index contributed by atoms with van der Waals surface area (Å²) >= 11 is 0. The summed E-state index contributed by atoms with van der Waals surface area (Å²) in [7, 11) is 0. The largest absolute Gasteiger partial charge is 0.0984 e. The van der Waals surface area contributed by atoms with Gasteiger partial charge in [0.25, 0.3) is 0 Å². The lowest BCUT2D eigenvalue weighted by atomic mass is 9.66. The van der Waals surface area contributed by atoms with Crippen molar-refractivity contribution >= 4 is 28.0 Å². The maximum Gasteiger partial charge on any atom is 0.00794 e. The van der Waals surface area contributed by atoms with Crippen LogP contribution in [0.5, 0.6) is 0 Å². The Balaban J connectivity index is 1.66. The van der Waals surface area contributed by atoms with Crippen LogP contribution in [-0.4, -0.2) is 0 Å². The highest BCUT2D eigenvalue weighted by Crippen LogP contribution is 2.54. The van der Waals surface area contributed by atoms with Gasteiger partial charge in [0.1, 0.15) is 0 Å². The zero-order valence-electron chi connectivity index (χ0n) is 34.4. The van der Waals surface area contributed by atoms with Crippen molar-refractivity contribution in [3.63, 3.8) is 0 Å². The number of rotatable bonds is 4. The lowest BCUT2D eigenvalue weighted by molar-refractivity contribution is 0.510. The Labute approximate surface area is 320 Å². The van der Waals surface area contributed by atoms with E-state index in [1.54, 1.807) is 0 Å². The Morgan fingerprint density at radius 3 is 2.08 bits per heavy atom. The van der Waals surface area contributed by atoms with Gasteiger partial charge in [0, 0.05) is 5.92 Å². The summed E-state index contributed by atoms with van der Waals surface area (Å²) in [6.07, 6.45) is 5.20. The summed E-state index contributed by atoms with van der Waals surface area (Å²) in [5, 5.41) is 2.50. The van der Waals surface area contributed by atoms with Gasteiger partial charge in [-0.05, 0) is 150 Å². The SMILES string of the molecule is C=C/C(=C1\C(=C(C)C)c2ccccc2C1C)c1cc(-c2cc(C(C)(C)C)cc3c2-c2ccc(C(C)(C)C)cc2CC3(C)C)c2cc(C)ccc2c1C=C. The number of fused-ring (bicyclic) bond motifs is 5. The molecule has 0 heterocycles. The number of hydrogen-bond donors (Lipinski definition) is 0. The molecule has 0 aromatic heterocycles. The fraction of sp³-hybridized carbons (Fsp3) is 0.321. The van der Waals surface area contributed by atoms with Crippen LogP contribution in [0.3, 0.4) is 0 Å². The smallest absolute Gasteiger partial charge is 0.00794 e. The monoisotopic (exact) mass is 694 g/mol. The summed E-state index contributed by atoms with van der Waals surface area (Å²) in [5.74, 6) is 0.237. The molecule has 0 spiro atoms. The summed E-state index contributed by atoms with van der Waals surface area (Å²) in [6.45, 7) is 37.0. The van der Waals surface area contributed by atoms with E-state index in [4.69, 9.17) is 0 Å². The van der Waals surface area contributed by atoms with Crippen molar-refractivity contribution < 1.29 is 0 Å². The second-order valence-corrected chi connectivity index (χ2v) is 18.7. The second kappa shape index (κ2) is 12.7. The molecule has 0 radical (unpaired) electrons. The van der Waals surface area contributed by atoms with Crippen LogP contribution in [0.4, 0.5) is 0 Å². The van der Waals surface area contributed by atoms with Crippen molar-refractivity contribution in [2.45, 2.75) is 112 Å². The van der Waals surface area contributed by atoms with Crippen LogP contribution in [0.2, 0.25) is 0 Å². The number of aryl methyl sites for hydroxylation is 1. The number of benzene rings is 5. The highest BCUT2D eigenvalue weighted by molar-refractivity contribution is 6.10. The molecule has 53 heavy (non-hydrogen) atoms. The fourth-order valence-electron chi connectivity index (χ4n) is 9.25. The molecule has 0 saturated heterocycles. The average molecular weight is 695 g/mol. The van der Waals surface area contributed by atoms with E-state index in [1.807, 2.05) is 0 Å². The summed E-state index contributed by atoms with van der Waals surface area (Å²) < 4.78 is 0. The summed E-state index contributed by atoms with van der Waals surface area (Å²) in [5.41, 5.74) is 22.6. The predicted octanol–water partition coefficient (Wildman–Crippen LogP) is 15.1. The van der Waals surface area contributed by atoms with Gasteiger partial charge in [-0.3, -0.25) is 0 Å². The van der Waals surface area contributed by atoms with E-state index in [1.165, 1.54) is 105 Å². The van der Waals surface area contributed by atoms with Crippen LogP contribution in [0.25, 0.3) is 50.2 Å². The first-order chi connectivity index (χ1) is 24.9. The van der Waals surface area contributed by atoms with Gasteiger partial charge in [-0.1, -0.05) is 165 Å². The molecular formula is C53H58. The normalized spacial score (nSPS) is 17.3. The summed E-state index contributed by atoms with van der Waals surface area (Å²) in [6, 6.07) is 30.7. The van der Waals surface area contributed by atoms with Gasteiger partial charge in [0.15, 0.2) is 0 Å². The third-order valence-electron chi connectivity index (χ3n) is 12.1. The van der Waals surface area contributed by atoms with Gasteiger partial charge in [-0.15, -0.1) is 0 Å². The Hall–Kier alpha value is -4.68. The van der Waals surface area contributed by atoms with Gasteiger partial charge in [-0.2, -0.15) is 0 Å². The van der Waals surface area contributed by atoms with Gasteiger partial charge in [0.05, 0.1) is 0 Å². The molecule has 270 valence electrons. The second-order valence-electron chi connectivity index (χ2n) is 18.7. The predicted molar refractivity (Wildman–Crippen MR) is 234 cm³/mol. The lowest BCUT2D eigenvalue weighted by Crippen LogP contribution is -2.28. The zero-order valence-corrected chi connectivity index (χ0v) is 34.4. The number of hydrogen-bond acceptors (Lipinski definition) is 0. The minimum absolute atomic E-state index is 0.0243. The molecule has 7 rings (SSSR count). The van der Waals surface area contributed by atoms with E-state index in [0.717, 1.165) is 6.42 Å².